The molecule has 2 aromatic rings. The summed E-state index contributed by atoms with van der Waals surface area (Å²) in [6, 6.07) is 2.21. The van der Waals surface area contributed by atoms with E-state index in [1.54, 1.807) is 13.8 Å². The highest BCUT2D eigenvalue weighted by Gasteiger charge is 2.29. The van der Waals surface area contributed by atoms with Crippen molar-refractivity contribution in [1.82, 2.24) is 4.57 Å². The number of halogens is 3. The minimum absolute atomic E-state index is 0.00442. The van der Waals surface area contributed by atoms with Crippen LogP contribution in [0.2, 0.25) is 10.2 Å². The molecule has 0 saturated carbocycles. The zero-order valence-corrected chi connectivity index (χ0v) is 19.3. The van der Waals surface area contributed by atoms with Crippen LogP contribution in [-0.4, -0.2) is 17.8 Å². The molecule has 0 spiro atoms. The van der Waals surface area contributed by atoms with Gasteiger partial charge in [0.25, 0.3) is 0 Å². The highest BCUT2D eigenvalue weighted by Crippen LogP contribution is 2.51. The second kappa shape index (κ2) is 8.86. The smallest absolute Gasteiger partial charge is 0.422 e. The van der Waals surface area contributed by atoms with Crippen molar-refractivity contribution in [2.45, 2.75) is 40.0 Å². The van der Waals surface area contributed by atoms with E-state index in [9.17, 15) is 9.18 Å². The fourth-order valence-corrected chi connectivity index (χ4v) is 5.11. The second-order valence-electron chi connectivity index (χ2n) is 6.68. The van der Waals surface area contributed by atoms with Gasteiger partial charge in [0.2, 0.25) is 0 Å². The van der Waals surface area contributed by atoms with E-state index in [1.165, 1.54) is 6.07 Å². The third-order valence-electron chi connectivity index (χ3n) is 3.46. The van der Waals surface area contributed by atoms with Gasteiger partial charge >= 0.3 is 12.5 Å². The van der Waals surface area contributed by atoms with Gasteiger partial charge in [-0.05, 0) is 19.9 Å². The predicted molar refractivity (Wildman–Crippen MR) is 111 cm³/mol. The van der Waals surface area contributed by atoms with Gasteiger partial charge in [0, 0.05) is 23.3 Å². The lowest BCUT2D eigenvalue weighted by atomic mass is 9.94. The Kier molecular flexibility index (Phi) is 7.40. The maximum atomic E-state index is 14.6. The molecule has 6 nitrogen and oxygen atoms in total. The first-order valence-corrected chi connectivity index (χ1v) is 11.7. The molecular formula is C17H21Cl2FNO5PS. The summed E-state index contributed by atoms with van der Waals surface area (Å²) < 4.78 is 37.3. The van der Waals surface area contributed by atoms with Crippen LogP contribution >= 0.6 is 29.9 Å². The fourth-order valence-electron chi connectivity index (χ4n) is 2.31. The summed E-state index contributed by atoms with van der Waals surface area (Å²) in [4.78, 5) is 12.4. The number of nitrogens with zero attached hydrogens (tertiary/aromatic N) is 1. The maximum absolute atomic E-state index is 14.6. The molecule has 0 atom stereocenters. The van der Waals surface area contributed by atoms with Gasteiger partial charge < -0.3 is 8.94 Å². The highest BCUT2D eigenvalue weighted by atomic mass is 35.5. The maximum Gasteiger partial charge on any atom is 0.425 e. The van der Waals surface area contributed by atoms with Gasteiger partial charge in [-0.3, -0.25) is 9.05 Å². The molecule has 1 heterocycles. The van der Waals surface area contributed by atoms with Crippen LogP contribution in [0.1, 0.15) is 40.4 Å². The molecule has 0 bridgehead atoms. The summed E-state index contributed by atoms with van der Waals surface area (Å²) in [5, 5.41) is -0.0997. The van der Waals surface area contributed by atoms with Gasteiger partial charge in [0.1, 0.15) is 11.6 Å². The van der Waals surface area contributed by atoms with Crippen molar-refractivity contribution in [3.05, 3.63) is 44.4 Å². The molecule has 0 aliphatic rings. The minimum atomic E-state index is -3.16. The lowest BCUT2D eigenvalue weighted by Crippen LogP contribution is -2.14. The lowest BCUT2D eigenvalue weighted by molar-refractivity contribution is 0.218. The summed E-state index contributed by atoms with van der Waals surface area (Å²) in [5.41, 5.74) is -0.752. The first-order valence-electron chi connectivity index (χ1n) is 8.43. The highest BCUT2D eigenvalue weighted by molar-refractivity contribution is 8.07. The Morgan fingerprint density at radius 1 is 1.21 bits per heavy atom. The van der Waals surface area contributed by atoms with Crippen molar-refractivity contribution in [2.24, 2.45) is 0 Å². The largest absolute Gasteiger partial charge is 0.425 e. The van der Waals surface area contributed by atoms with Gasteiger partial charge in [-0.15, -0.1) is 0 Å². The van der Waals surface area contributed by atoms with Crippen LogP contribution in [0, 0.1) is 5.82 Å². The molecule has 28 heavy (non-hydrogen) atoms. The number of hydrogen-bond donors (Lipinski definition) is 0. The number of aromatic nitrogens is 1. The van der Waals surface area contributed by atoms with E-state index in [2.05, 4.69) is 0 Å². The SMILES string of the molecule is CCOP(=S)(OCC)Oc1cc(-n2c(Cl)c(C(C)(C)C)oc2=O)c(F)cc1Cl. The molecule has 156 valence electrons. The quantitative estimate of drug-likeness (QED) is 0.471. The third-order valence-corrected chi connectivity index (χ3v) is 6.52. The van der Waals surface area contributed by atoms with Gasteiger partial charge in [0.15, 0.2) is 10.9 Å². The van der Waals surface area contributed by atoms with E-state index in [1.807, 2.05) is 20.8 Å². The predicted octanol–water partition coefficient (Wildman–Crippen LogP) is 5.85. The molecule has 0 N–H and O–H groups in total. The molecule has 0 unspecified atom stereocenters. The number of hydrogen-bond acceptors (Lipinski definition) is 6. The summed E-state index contributed by atoms with van der Waals surface area (Å²) in [5.74, 6) is -1.39. The first kappa shape index (κ1) is 23.4. The summed E-state index contributed by atoms with van der Waals surface area (Å²) in [6.07, 6.45) is 0. The van der Waals surface area contributed by atoms with Crippen LogP contribution in [0.25, 0.3) is 5.69 Å². The molecule has 0 amide bonds. The minimum Gasteiger partial charge on any atom is -0.422 e. The molecule has 0 radical (unpaired) electrons. The van der Waals surface area contributed by atoms with Crippen molar-refractivity contribution in [3.63, 3.8) is 0 Å². The number of rotatable bonds is 7. The van der Waals surface area contributed by atoms with E-state index in [-0.39, 0.29) is 40.6 Å². The molecule has 1 aromatic heterocycles. The van der Waals surface area contributed by atoms with Crippen molar-refractivity contribution in [1.29, 1.82) is 0 Å². The van der Waals surface area contributed by atoms with Gasteiger partial charge in [-0.2, -0.15) is 0 Å². The van der Waals surface area contributed by atoms with E-state index in [0.717, 1.165) is 10.6 Å². The molecule has 0 fully saturated rings. The second-order valence-corrected chi connectivity index (χ2v) is 10.4. The number of benzene rings is 1. The molecule has 0 aliphatic heterocycles. The van der Waals surface area contributed by atoms with Crippen LogP contribution < -0.4 is 10.3 Å². The molecule has 0 saturated heterocycles. The molecule has 0 aliphatic carbocycles. The first-order chi connectivity index (χ1) is 12.9. The van der Waals surface area contributed by atoms with Crippen molar-refractivity contribution in [2.75, 3.05) is 13.2 Å². The molecular weight excluding hydrogens is 451 g/mol. The Morgan fingerprint density at radius 2 is 1.79 bits per heavy atom. The van der Waals surface area contributed by atoms with Gasteiger partial charge in [0.05, 0.1) is 23.9 Å². The van der Waals surface area contributed by atoms with E-state index < -0.39 is 23.7 Å². The van der Waals surface area contributed by atoms with E-state index >= 15 is 0 Å². The standard InChI is InChI=1S/C17H21Cl2FNO5PS/c1-6-23-27(28,24-7-2)26-13-9-12(11(20)8-10(13)18)21-15(19)14(17(3,4)5)25-16(21)22/h8-9H,6-7H2,1-5H3. The van der Waals surface area contributed by atoms with Gasteiger partial charge in [-0.1, -0.05) is 44.0 Å². The van der Waals surface area contributed by atoms with Gasteiger partial charge in [-0.25, -0.2) is 13.8 Å². The van der Waals surface area contributed by atoms with E-state index in [0.29, 0.717) is 0 Å². The zero-order valence-electron chi connectivity index (χ0n) is 16.0. The van der Waals surface area contributed by atoms with Crippen molar-refractivity contribution in [3.8, 4) is 11.4 Å². The fraction of sp³-hybridized carbons (Fsp3) is 0.471. The molecule has 2 rings (SSSR count). The summed E-state index contributed by atoms with van der Waals surface area (Å²) in [6.45, 7) is 6.27. The van der Waals surface area contributed by atoms with Crippen LogP contribution in [-0.2, 0) is 26.3 Å². The van der Waals surface area contributed by atoms with Crippen molar-refractivity contribution >= 4 is 41.7 Å². The average molecular weight is 472 g/mol. The Hall–Kier alpha value is -0.890. The Morgan fingerprint density at radius 3 is 2.25 bits per heavy atom. The molecule has 1 aromatic carbocycles. The normalized spacial score (nSPS) is 12.4. The van der Waals surface area contributed by atoms with Crippen LogP contribution in [0.4, 0.5) is 4.39 Å². The number of oxazole rings is 1. The van der Waals surface area contributed by atoms with Crippen molar-refractivity contribution < 1.29 is 22.4 Å². The third kappa shape index (κ3) is 4.99. The Labute approximate surface area is 177 Å². The summed E-state index contributed by atoms with van der Waals surface area (Å²) >= 11 is 17.7. The summed E-state index contributed by atoms with van der Waals surface area (Å²) in [7, 11) is 0. The molecule has 11 heteroatoms. The monoisotopic (exact) mass is 471 g/mol. The van der Waals surface area contributed by atoms with Crippen LogP contribution in [0.5, 0.6) is 5.75 Å². The topological polar surface area (TPSA) is 62.8 Å². The Bertz CT molecular complexity index is 960. The van der Waals surface area contributed by atoms with Crippen LogP contribution in [0.3, 0.4) is 0 Å². The van der Waals surface area contributed by atoms with E-state index in [4.69, 9.17) is 53.0 Å². The zero-order chi connectivity index (χ0) is 21.3. The Balaban J connectivity index is 2.61. The van der Waals surface area contributed by atoms with Crippen LogP contribution in [0.15, 0.2) is 21.3 Å². The lowest BCUT2D eigenvalue weighted by Gasteiger charge is -2.22. The average Bonchev–Trinajstić information content (AvgIpc) is 2.85.